The minimum Gasteiger partial charge on any atom is -0.331 e. The predicted octanol–water partition coefficient (Wildman–Crippen LogP) is 6.66. The molecule has 1 unspecified atom stereocenters. The fourth-order valence-electron chi connectivity index (χ4n) is 3.95. The number of benzene rings is 3. The van der Waals surface area contributed by atoms with Crippen LogP contribution in [-0.2, 0) is 0 Å². The fourth-order valence-corrected chi connectivity index (χ4v) is 4.85. The Morgan fingerprint density at radius 1 is 0.853 bits per heavy atom. The molecule has 3 aromatic carbocycles. The molecule has 1 heterocycles. The van der Waals surface area contributed by atoms with Crippen LogP contribution >= 0.6 is 11.3 Å². The number of hydrogen-bond donors (Lipinski definition) is 3. The fraction of sp³-hybridized carbons (Fsp3) is 0.222. The van der Waals surface area contributed by atoms with Crippen molar-refractivity contribution >= 4 is 44.3 Å². The summed E-state index contributed by atoms with van der Waals surface area (Å²) >= 11 is 1.33. The smallest absolute Gasteiger partial charge is 0.321 e. The number of rotatable bonds is 5. The van der Waals surface area contributed by atoms with Gasteiger partial charge in [-0.2, -0.15) is 0 Å². The Labute approximate surface area is 203 Å². The summed E-state index contributed by atoms with van der Waals surface area (Å²) in [7, 11) is 0. The number of thiazole rings is 1. The summed E-state index contributed by atoms with van der Waals surface area (Å²) in [4.78, 5) is 29.9. The minimum absolute atomic E-state index is 0.140. The zero-order valence-electron chi connectivity index (χ0n) is 19.9. The van der Waals surface area contributed by atoms with Crippen LogP contribution in [-0.4, -0.2) is 16.9 Å². The maximum Gasteiger partial charge on any atom is 0.321 e. The molecule has 3 amide bonds. The standard InChI is InChI=1S/C27H28N4O2S/c1-15-6-8-20(9-7-15)19(5)28-26(33)31-27-29-22-11-10-21(14-23(22)34-27)25(32)30-24-17(3)12-16(2)13-18(24)4/h6-14,19H,1-5H3,(H,30,32)(H2,28,29,31,33). The van der Waals surface area contributed by atoms with Gasteiger partial charge in [-0.1, -0.05) is 58.9 Å². The zero-order chi connectivity index (χ0) is 24.4. The Kier molecular flexibility index (Phi) is 6.65. The summed E-state index contributed by atoms with van der Waals surface area (Å²) in [6.45, 7) is 9.99. The van der Waals surface area contributed by atoms with Crippen molar-refractivity contribution < 1.29 is 9.59 Å². The van der Waals surface area contributed by atoms with E-state index in [9.17, 15) is 9.59 Å². The van der Waals surface area contributed by atoms with Crippen LogP contribution in [0.3, 0.4) is 0 Å². The van der Waals surface area contributed by atoms with Crippen LogP contribution in [0.5, 0.6) is 0 Å². The van der Waals surface area contributed by atoms with Crippen LogP contribution < -0.4 is 16.0 Å². The molecule has 0 spiro atoms. The third kappa shape index (κ3) is 5.26. The molecule has 1 atom stereocenters. The van der Waals surface area contributed by atoms with E-state index in [4.69, 9.17) is 0 Å². The van der Waals surface area contributed by atoms with Crippen molar-refractivity contribution in [2.24, 2.45) is 0 Å². The van der Waals surface area contributed by atoms with E-state index in [-0.39, 0.29) is 18.0 Å². The van der Waals surface area contributed by atoms with Crippen molar-refractivity contribution in [3.05, 3.63) is 88.0 Å². The van der Waals surface area contributed by atoms with E-state index in [0.717, 1.165) is 38.2 Å². The lowest BCUT2D eigenvalue weighted by Crippen LogP contribution is -2.31. The van der Waals surface area contributed by atoms with E-state index in [1.54, 1.807) is 18.2 Å². The summed E-state index contributed by atoms with van der Waals surface area (Å²) in [6.07, 6.45) is 0. The molecule has 0 aliphatic heterocycles. The Balaban J connectivity index is 1.45. The second kappa shape index (κ2) is 9.65. The van der Waals surface area contributed by atoms with Crippen LogP contribution in [0.15, 0.2) is 54.6 Å². The first-order valence-electron chi connectivity index (χ1n) is 11.1. The maximum absolute atomic E-state index is 12.9. The lowest BCUT2D eigenvalue weighted by atomic mass is 10.0. The molecule has 4 aromatic rings. The van der Waals surface area contributed by atoms with Gasteiger partial charge in [-0.15, -0.1) is 0 Å². The second-order valence-electron chi connectivity index (χ2n) is 8.66. The number of nitrogens with zero attached hydrogens (tertiary/aromatic N) is 1. The SMILES string of the molecule is Cc1ccc(C(C)NC(=O)Nc2nc3ccc(C(=O)Nc4c(C)cc(C)cc4C)cc3s2)cc1. The van der Waals surface area contributed by atoms with Crippen molar-refractivity contribution in [2.75, 3.05) is 10.6 Å². The van der Waals surface area contributed by atoms with Crippen LogP contribution in [0.25, 0.3) is 10.2 Å². The Bertz CT molecular complexity index is 1350. The molecule has 1 aromatic heterocycles. The van der Waals surface area contributed by atoms with Crippen molar-refractivity contribution in [1.29, 1.82) is 0 Å². The molecule has 6 nitrogen and oxygen atoms in total. The van der Waals surface area contributed by atoms with Gasteiger partial charge in [0.25, 0.3) is 5.91 Å². The van der Waals surface area contributed by atoms with Crippen LogP contribution in [0.4, 0.5) is 15.6 Å². The van der Waals surface area contributed by atoms with E-state index in [0.29, 0.717) is 10.7 Å². The molecular formula is C27H28N4O2S. The molecule has 174 valence electrons. The highest BCUT2D eigenvalue weighted by Gasteiger charge is 2.15. The van der Waals surface area contributed by atoms with E-state index in [1.165, 1.54) is 16.9 Å². The monoisotopic (exact) mass is 472 g/mol. The first-order valence-corrected chi connectivity index (χ1v) is 11.9. The Hall–Kier alpha value is -3.71. The van der Waals surface area contributed by atoms with Gasteiger partial charge in [0, 0.05) is 11.3 Å². The topological polar surface area (TPSA) is 83.1 Å². The highest BCUT2D eigenvalue weighted by molar-refractivity contribution is 7.22. The molecule has 0 fully saturated rings. The number of carbonyl (C=O) groups is 2. The molecule has 4 rings (SSSR count). The molecule has 0 radical (unpaired) electrons. The van der Waals surface area contributed by atoms with Crippen molar-refractivity contribution in [3.63, 3.8) is 0 Å². The van der Waals surface area contributed by atoms with Crippen LogP contribution in [0, 0.1) is 27.7 Å². The summed E-state index contributed by atoms with van der Waals surface area (Å²) in [6, 6.07) is 17.0. The van der Waals surface area contributed by atoms with E-state index >= 15 is 0 Å². The quantitative estimate of drug-likeness (QED) is 0.303. The number of urea groups is 1. The number of aryl methyl sites for hydroxylation is 4. The molecular weight excluding hydrogens is 444 g/mol. The average Bonchev–Trinajstić information content (AvgIpc) is 3.17. The van der Waals surface area contributed by atoms with Gasteiger partial charge in [-0.25, -0.2) is 9.78 Å². The number of carbonyl (C=O) groups excluding carboxylic acids is 2. The van der Waals surface area contributed by atoms with Crippen molar-refractivity contribution in [2.45, 2.75) is 40.7 Å². The molecule has 3 N–H and O–H groups in total. The number of hydrogen-bond acceptors (Lipinski definition) is 4. The van der Waals surface area contributed by atoms with Crippen LogP contribution in [0.2, 0.25) is 0 Å². The number of aromatic nitrogens is 1. The Morgan fingerprint density at radius 3 is 2.21 bits per heavy atom. The highest BCUT2D eigenvalue weighted by Crippen LogP contribution is 2.28. The Morgan fingerprint density at radius 2 is 1.53 bits per heavy atom. The molecule has 0 aliphatic carbocycles. The van der Waals surface area contributed by atoms with Gasteiger partial charge in [0.15, 0.2) is 5.13 Å². The minimum atomic E-state index is -0.324. The molecule has 0 bridgehead atoms. The van der Waals surface area contributed by atoms with Gasteiger partial charge in [-0.3, -0.25) is 10.1 Å². The van der Waals surface area contributed by atoms with Crippen LogP contribution in [0.1, 0.15) is 51.1 Å². The normalized spacial score (nSPS) is 11.8. The molecule has 34 heavy (non-hydrogen) atoms. The van der Waals surface area contributed by atoms with Gasteiger partial charge in [0.05, 0.1) is 16.3 Å². The van der Waals surface area contributed by atoms with E-state index in [1.807, 2.05) is 58.9 Å². The van der Waals surface area contributed by atoms with E-state index in [2.05, 4.69) is 33.1 Å². The molecule has 0 saturated carbocycles. The summed E-state index contributed by atoms with van der Waals surface area (Å²) in [5.74, 6) is -0.176. The third-order valence-corrected chi connectivity index (χ3v) is 6.65. The predicted molar refractivity (Wildman–Crippen MR) is 140 cm³/mol. The maximum atomic E-state index is 12.9. The number of fused-ring (bicyclic) bond motifs is 1. The number of nitrogens with one attached hydrogen (secondary N) is 3. The highest BCUT2D eigenvalue weighted by atomic mass is 32.1. The molecule has 0 saturated heterocycles. The second-order valence-corrected chi connectivity index (χ2v) is 9.69. The van der Waals surface area contributed by atoms with Crippen molar-refractivity contribution in [1.82, 2.24) is 10.3 Å². The zero-order valence-corrected chi connectivity index (χ0v) is 20.8. The molecule has 7 heteroatoms. The van der Waals surface area contributed by atoms with Crippen molar-refractivity contribution in [3.8, 4) is 0 Å². The lowest BCUT2D eigenvalue weighted by Gasteiger charge is -2.14. The lowest BCUT2D eigenvalue weighted by molar-refractivity contribution is 0.102. The largest absolute Gasteiger partial charge is 0.331 e. The number of amides is 3. The van der Waals surface area contributed by atoms with Gasteiger partial charge < -0.3 is 10.6 Å². The van der Waals surface area contributed by atoms with Gasteiger partial charge in [0.2, 0.25) is 0 Å². The summed E-state index contributed by atoms with van der Waals surface area (Å²) < 4.78 is 0.826. The van der Waals surface area contributed by atoms with Gasteiger partial charge in [-0.05, 0) is 69.5 Å². The third-order valence-electron chi connectivity index (χ3n) is 5.71. The first kappa shape index (κ1) is 23.4. The summed E-state index contributed by atoms with van der Waals surface area (Å²) in [5.41, 5.74) is 7.53. The van der Waals surface area contributed by atoms with Gasteiger partial charge >= 0.3 is 6.03 Å². The average molecular weight is 473 g/mol. The first-order chi connectivity index (χ1) is 16.2. The van der Waals surface area contributed by atoms with E-state index < -0.39 is 0 Å². The van der Waals surface area contributed by atoms with Gasteiger partial charge in [0.1, 0.15) is 0 Å². The summed E-state index contributed by atoms with van der Waals surface area (Å²) in [5, 5.41) is 9.25. The number of anilines is 2. The molecule has 0 aliphatic rings.